The van der Waals surface area contributed by atoms with Gasteiger partial charge in [-0.1, -0.05) is 6.92 Å². The average molecular weight is 188 g/mol. The Kier molecular flexibility index (Phi) is 5.35. The quantitative estimate of drug-likeness (QED) is 0.582. The van der Waals surface area contributed by atoms with Gasteiger partial charge in [0.15, 0.2) is 0 Å². The maximum Gasteiger partial charge on any atom is 0.0801 e. The first kappa shape index (κ1) is 11.0. The fourth-order valence-corrected chi connectivity index (χ4v) is 1.19. The van der Waals surface area contributed by atoms with E-state index in [0.717, 1.165) is 25.9 Å². The molecule has 78 valence electrons. The van der Waals surface area contributed by atoms with Gasteiger partial charge in [-0.2, -0.15) is 0 Å². The average Bonchev–Trinajstić information content (AvgIpc) is 2.93. The highest BCUT2D eigenvalue weighted by Gasteiger charge is 2.29. The fourth-order valence-electron chi connectivity index (χ4n) is 1.19. The van der Waals surface area contributed by atoms with Gasteiger partial charge in [-0.05, 0) is 25.2 Å². The van der Waals surface area contributed by atoms with Gasteiger partial charge in [0.1, 0.15) is 0 Å². The number of rotatable bonds is 8. The first-order valence-corrected chi connectivity index (χ1v) is 5.18. The molecule has 0 amide bonds. The Morgan fingerprint density at radius 3 is 2.54 bits per heavy atom. The molecule has 1 N–H and O–H groups in total. The molecule has 1 unspecified atom stereocenters. The molecule has 3 nitrogen and oxygen atoms in total. The third kappa shape index (κ3) is 5.24. The van der Waals surface area contributed by atoms with Crippen molar-refractivity contribution in [3.05, 3.63) is 0 Å². The van der Waals surface area contributed by atoms with E-state index in [0.29, 0.717) is 25.7 Å². The first-order valence-electron chi connectivity index (χ1n) is 5.18. The Morgan fingerprint density at radius 2 is 1.92 bits per heavy atom. The minimum absolute atomic E-state index is 0.244. The summed E-state index contributed by atoms with van der Waals surface area (Å²) in [5, 5.41) is 9.43. The maximum absolute atomic E-state index is 9.43. The van der Waals surface area contributed by atoms with Crippen molar-refractivity contribution in [2.45, 2.75) is 32.3 Å². The van der Waals surface area contributed by atoms with E-state index in [4.69, 9.17) is 9.47 Å². The Morgan fingerprint density at radius 1 is 1.23 bits per heavy atom. The summed E-state index contributed by atoms with van der Waals surface area (Å²) in [5.41, 5.74) is 0. The summed E-state index contributed by atoms with van der Waals surface area (Å²) in [6.45, 7) is 4.60. The van der Waals surface area contributed by atoms with Crippen LogP contribution in [0.4, 0.5) is 0 Å². The fraction of sp³-hybridized carbons (Fsp3) is 1.00. The van der Waals surface area contributed by atoms with Crippen LogP contribution in [0.2, 0.25) is 0 Å². The number of ether oxygens (including phenoxy) is 2. The van der Waals surface area contributed by atoms with E-state index in [2.05, 4.69) is 6.92 Å². The summed E-state index contributed by atoms with van der Waals surface area (Å²) in [6.07, 6.45) is 3.13. The van der Waals surface area contributed by atoms with Gasteiger partial charge in [0.25, 0.3) is 0 Å². The van der Waals surface area contributed by atoms with Gasteiger partial charge >= 0.3 is 0 Å². The van der Waals surface area contributed by atoms with Crippen molar-refractivity contribution in [1.82, 2.24) is 0 Å². The molecule has 0 heterocycles. The molecular formula is C10H20O3. The minimum atomic E-state index is -0.244. The second-order valence-electron chi connectivity index (χ2n) is 3.59. The first-order chi connectivity index (χ1) is 6.34. The van der Waals surface area contributed by atoms with Gasteiger partial charge in [-0.25, -0.2) is 0 Å². The smallest absolute Gasteiger partial charge is 0.0801 e. The minimum Gasteiger partial charge on any atom is -0.390 e. The molecule has 0 radical (unpaired) electrons. The standard InChI is InChI=1S/C10H20O3/c1-2-5-12-6-7-13-8-10(11)9-3-4-9/h9-11H,2-8H2,1H3. The second-order valence-corrected chi connectivity index (χ2v) is 3.59. The van der Waals surface area contributed by atoms with Crippen molar-refractivity contribution >= 4 is 0 Å². The summed E-state index contributed by atoms with van der Waals surface area (Å²) in [7, 11) is 0. The molecule has 1 saturated carbocycles. The molecule has 13 heavy (non-hydrogen) atoms. The normalized spacial score (nSPS) is 18.9. The summed E-state index contributed by atoms with van der Waals surface area (Å²) in [5.74, 6) is 0.511. The summed E-state index contributed by atoms with van der Waals surface area (Å²) >= 11 is 0. The number of aliphatic hydroxyl groups is 1. The molecule has 0 aliphatic heterocycles. The number of aliphatic hydroxyl groups excluding tert-OH is 1. The lowest BCUT2D eigenvalue weighted by Gasteiger charge is -2.09. The lowest BCUT2D eigenvalue weighted by molar-refractivity contribution is -0.00295. The predicted octanol–water partition coefficient (Wildman–Crippen LogP) is 1.20. The molecule has 1 rings (SSSR count). The molecule has 1 fully saturated rings. The van der Waals surface area contributed by atoms with Crippen LogP contribution >= 0.6 is 0 Å². The van der Waals surface area contributed by atoms with Crippen LogP contribution in [0.1, 0.15) is 26.2 Å². The Labute approximate surface area is 80.0 Å². The zero-order valence-electron chi connectivity index (χ0n) is 8.37. The predicted molar refractivity (Wildman–Crippen MR) is 50.7 cm³/mol. The highest BCUT2D eigenvalue weighted by atomic mass is 16.5. The molecule has 0 aromatic rings. The summed E-state index contributed by atoms with van der Waals surface area (Å²) in [4.78, 5) is 0. The van der Waals surface area contributed by atoms with E-state index in [9.17, 15) is 5.11 Å². The topological polar surface area (TPSA) is 38.7 Å². The number of hydrogen-bond acceptors (Lipinski definition) is 3. The number of hydrogen-bond donors (Lipinski definition) is 1. The van der Waals surface area contributed by atoms with Crippen molar-refractivity contribution in [3.8, 4) is 0 Å². The van der Waals surface area contributed by atoms with E-state index in [-0.39, 0.29) is 6.10 Å². The molecule has 3 heteroatoms. The monoisotopic (exact) mass is 188 g/mol. The van der Waals surface area contributed by atoms with Crippen molar-refractivity contribution in [3.63, 3.8) is 0 Å². The van der Waals surface area contributed by atoms with Gasteiger partial charge in [0.05, 0.1) is 25.9 Å². The molecule has 0 saturated heterocycles. The second kappa shape index (κ2) is 6.35. The van der Waals surface area contributed by atoms with Crippen LogP contribution in [-0.2, 0) is 9.47 Å². The van der Waals surface area contributed by atoms with Gasteiger partial charge < -0.3 is 14.6 Å². The molecule has 1 atom stereocenters. The largest absolute Gasteiger partial charge is 0.390 e. The molecule has 0 bridgehead atoms. The van der Waals surface area contributed by atoms with E-state index in [1.807, 2.05) is 0 Å². The van der Waals surface area contributed by atoms with E-state index in [1.165, 1.54) is 0 Å². The van der Waals surface area contributed by atoms with Crippen molar-refractivity contribution in [2.24, 2.45) is 5.92 Å². The van der Waals surface area contributed by atoms with Crippen LogP contribution in [0.25, 0.3) is 0 Å². The highest BCUT2D eigenvalue weighted by molar-refractivity contribution is 4.80. The van der Waals surface area contributed by atoms with Crippen LogP contribution in [0.15, 0.2) is 0 Å². The molecular weight excluding hydrogens is 168 g/mol. The zero-order chi connectivity index (χ0) is 9.52. The van der Waals surface area contributed by atoms with E-state index in [1.54, 1.807) is 0 Å². The van der Waals surface area contributed by atoms with Crippen LogP contribution in [0, 0.1) is 5.92 Å². The maximum atomic E-state index is 9.43. The van der Waals surface area contributed by atoms with Crippen LogP contribution < -0.4 is 0 Å². The van der Waals surface area contributed by atoms with Crippen LogP contribution in [0.3, 0.4) is 0 Å². The molecule has 0 aromatic heterocycles. The highest BCUT2D eigenvalue weighted by Crippen LogP contribution is 2.32. The third-order valence-corrected chi connectivity index (χ3v) is 2.18. The van der Waals surface area contributed by atoms with Gasteiger partial charge in [0, 0.05) is 6.61 Å². The van der Waals surface area contributed by atoms with Gasteiger partial charge in [0.2, 0.25) is 0 Å². The van der Waals surface area contributed by atoms with Crippen LogP contribution in [-0.4, -0.2) is 37.6 Å². The van der Waals surface area contributed by atoms with Gasteiger partial charge in [-0.3, -0.25) is 0 Å². The van der Waals surface area contributed by atoms with E-state index < -0.39 is 0 Å². The van der Waals surface area contributed by atoms with Crippen molar-refractivity contribution in [2.75, 3.05) is 26.4 Å². The summed E-state index contributed by atoms with van der Waals surface area (Å²) < 4.78 is 10.5. The third-order valence-electron chi connectivity index (χ3n) is 2.18. The van der Waals surface area contributed by atoms with E-state index >= 15 is 0 Å². The van der Waals surface area contributed by atoms with Gasteiger partial charge in [-0.15, -0.1) is 0 Å². The van der Waals surface area contributed by atoms with Crippen molar-refractivity contribution in [1.29, 1.82) is 0 Å². The summed E-state index contributed by atoms with van der Waals surface area (Å²) in [6, 6.07) is 0. The van der Waals surface area contributed by atoms with Crippen molar-refractivity contribution < 1.29 is 14.6 Å². The molecule has 1 aliphatic rings. The lowest BCUT2D eigenvalue weighted by atomic mass is 10.2. The van der Waals surface area contributed by atoms with Crippen LogP contribution in [0.5, 0.6) is 0 Å². The molecule has 0 spiro atoms. The molecule has 0 aromatic carbocycles. The Bertz CT molecular complexity index is 123. The lowest BCUT2D eigenvalue weighted by Crippen LogP contribution is -2.19. The zero-order valence-corrected chi connectivity index (χ0v) is 8.37. The molecule has 1 aliphatic carbocycles. The Balaban J connectivity index is 1.77. The SMILES string of the molecule is CCCOCCOCC(O)C1CC1. The Hall–Kier alpha value is -0.120.